The molecule has 0 amide bonds. The summed E-state index contributed by atoms with van der Waals surface area (Å²) in [5.41, 5.74) is 0. The van der Waals surface area contributed by atoms with Crippen molar-refractivity contribution < 1.29 is 34.9 Å². The number of aromatic nitrogens is 4. The number of quaternary nitrogens is 1. The third kappa shape index (κ3) is 5.06. The molecule has 0 unspecified atom stereocenters. The summed E-state index contributed by atoms with van der Waals surface area (Å²) >= 11 is 0. The Kier molecular flexibility index (Phi) is 6.84. The number of nitrogens with zero attached hydrogens (tertiary/aromatic N) is 5. The van der Waals surface area contributed by atoms with Crippen LogP contribution in [-0.4, -0.2) is 66.5 Å². The molecule has 2 heterocycles. The Morgan fingerprint density at radius 3 is 2.12 bits per heavy atom. The van der Waals surface area contributed by atoms with Crippen LogP contribution in [0.5, 0.6) is 0 Å². The number of unbranched alkanes of at least 4 members (excludes halogenated alkanes) is 1. The normalized spacial score (nSPS) is 17.9. The van der Waals surface area contributed by atoms with Crippen LogP contribution in [0, 0.1) is 0 Å². The Labute approximate surface area is 142 Å². The Morgan fingerprint density at radius 2 is 1.72 bits per heavy atom. The molecule has 0 aromatic carbocycles. The molecule has 1 aliphatic heterocycles. The predicted octanol–water partition coefficient (Wildman–Crippen LogP) is 1.78. The van der Waals surface area contributed by atoms with Gasteiger partial charge in [0, 0.05) is 12.8 Å². The summed E-state index contributed by atoms with van der Waals surface area (Å²) < 4.78 is 82.7. The fourth-order valence-corrected chi connectivity index (χ4v) is 3.20. The van der Waals surface area contributed by atoms with Gasteiger partial charge in [0.2, 0.25) is 0 Å². The first-order valence-electron chi connectivity index (χ1n) is 7.59. The summed E-state index contributed by atoms with van der Waals surface area (Å²) in [6, 6.07) is 0. The first-order chi connectivity index (χ1) is 11.4. The highest BCUT2D eigenvalue weighted by Crippen LogP contribution is 2.41. The van der Waals surface area contributed by atoms with Crippen LogP contribution in [0.25, 0.3) is 0 Å². The fraction of sp³-hybridized carbons (Fsp3) is 0.917. The maximum absolute atomic E-state index is 12.4. The van der Waals surface area contributed by atoms with E-state index in [1.54, 1.807) is 0 Å². The maximum atomic E-state index is 12.4. The molecule has 0 N–H and O–H groups in total. The Morgan fingerprint density at radius 1 is 1.16 bits per heavy atom. The van der Waals surface area contributed by atoms with Crippen LogP contribution in [0.15, 0.2) is 5.16 Å². The number of hydrogen-bond donors (Lipinski definition) is 0. The number of halogens is 5. The van der Waals surface area contributed by atoms with Crippen molar-refractivity contribution in [3.63, 3.8) is 0 Å². The van der Waals surface area contributed by atoms with Crippen molar-refractivity contribution in [2.24, 2.45) is 0 Å². The molecule has 25 heavy (non-hydrogen) atoms. The van der Waals surface area contributed by atoms with E-state index in [4.69, 9.17) is 0 Å². The van der Waals surface area contributed by atoms with Crippen LogP contribution < -0.4 is 5.10 Å². The monoisotopic (exact) mass is 393 g/mol. The van der Waals surface area contributed by atoms with Gasteiger partial charge in [-0.05, 0) is 6.42 Å². The summed E-state index contributed by atoms with van der Waals surface area (Å²) in [5.74, 6) is 0. The van der Waals surface area contributed by atoms with Crippen molar-refractivity contribution in [3.8, 4) is 0 Å². The number of rotatable bonds is 5. The summed E-state index contributed by atoms with van der Waals surface area (Å²) in [6.45, 7) is 6.55. The molecule has 146 valence electrons. The van der Waals surface area contributed by atoms with E-state index >= 15 is 0 Å². The number of sulfone groups is 1. The largest absolute Gasteiger partial charge is 0.469 e. The molecular formula is C12H20F5N5O2S. The molecular weight excluding hydrogens is 373 g/mol. The lowest BCUT2D eigenvalue weighted by atomic mass is 10.3. The number of tetrazole rings is 1. The standard InChI is InChI=1S/C9H20N.C3F5N4O2S/c1-3-4-7-10(2)8-5-6-9-10;4-2(5,6)3(7,8)15(13,14)1-9-11-12-10-1/h3-9H2,1-2H3;/q+1;-1. The second-order valence-corrected chi connectivity index (χ2v) is 7.92. The van der Waals surface area contributed by atoms with Crippen molar-refractivity contribution in [2.75, 3.05) is 26.7 Å². The average molecular weight is 393 g/mol. The van der Waals surface area contributed by atoms with Crippen molar-refractivity contribution in [1.29, 1.82) is 0 Å². The zero-order chi connectivity index (χ0) is 19.4. The quantitative estimate of drug-likeness (QED) is 0.560. The molecule has 0 atom stereocenters. The topological polar surface area (TPSA) is 86.9 Å². The second kappa shape index (κ2) is 7.89. The molecule has 0 aliphatic carbocycles. The van der Waals surface area contributed by atoms with Gasteiger partial charge in [0.1, 0.15) is 5.16 Å². The van der Waals surface area contributed by atoms with E-state index in [0.717, 1.165) is 0 Å². The minimum atomic E-state index is -6.26. The third-order valence-corrected chi connectivity index (χ3v) is 5.46. The summed E-state index contributed by atoms with van der Waals surface area (Å²) in [4.78, 5) is 0. The van der Waals surface area contributed by atoms with Crippen LogP contribution in [-0.2, 0) is 9.84 Å². The van der Waals surface area contributed by atoms with Crippen molar-refractivity contribution in [1.82, 2.24) is 20.6 Å². The van der Waals surface area contributed by atoms with Gasteiger partial charge < -0.3 is 9.58 Å². The lowest BCUT2D eigenvalue weighted by molar-refractivity contribution is -0.897. The zero-order valence-electron chi connectivity index (χ0n) is 13.8. The van der Waals surface area contributed by atoms with Gasteiger partial charge in [0.05, 0.1) is 26.7 Å². The Bertz CT molecular complexity index is 627. The maximum Gasteiger partial charge on any atom is 0.469 e. The smallest absolute Gasteiger partial charge is 0.326 e. The molecule has 1 aromatic rings. The number of alkyl halides is 5. The SMILES string of the molecule is CCCC[N+]1(C)CCCC1.O=S(=O)(c1nnn[n-]1)C(F)(F)C(F)(F)F. The average Bonchev–Trinajstić information content (AvgIpc) is 3.16. The molecule has 0 bridgehead atoms. The predicted molar refractivity (Wildman–Crippen MR) is 76.3 cm³/mol. The van der Waals surface area contributed by atoms with E-state index in [-0.39, 0.29) is 0 Å². The molecule has 1 aromatic heterocycles. The molecule has 0 radical (unpaired) electrons. The molecule has 0 saturated carbocycles. The molecule has 1 saturated heterocycles. The molecule has 0 spiro atoms. The van der Waals surface area contributed by atoms with Crippen LogP contribution in [0.1, 0.15) is 32.6 Å². The van der Waals surface area contributed by atoms with Gasteiger partial charge in [-0.25, -0.2) is 8.42 Å². The third-order valence-electron chi connectivity index (χ3n) is 3.91. The minimum absolute atomic E-state index is 1.36. The van der Waals surface area contributed by atoms with Crippen LogP contribution in [0.3, 0.4) is 0 Å². The fourth-order valence-electron chi connectivity index (χ4n) is 2.37. The minimum Gasteiger partial charge on any atom is -0.326 e. The lowest BCUT2D eigenvalue weighted by Crippen LogP contribution is -2.44. The number of likely N-dealkylation sites (tertiary alicyclic amines) is 1. The second-order valence-electron chi connectivity index (χ2n) is 6.03. The van der Waals surface area contributed by atoms with Gasteiger partial charge in [-0.15, -0.1) is 0 Å². The van der Waals surface area contributed by atoms with Crippen LogP contribution in [0.4, 0.5) is 22.0 Å². The highest BCUT2D eigenvalue weighted by Gasteiger charge is 2.67. The van der Waals surface area contributed by atoms with E-state index in [2.05, 4.69) is 34.6 Å². The summed E-state index contributed by atoms with van der Waals surface area (Å²) in [5, 5.41) is 2.09. The first kappa shape index (κ1) is 21.7. The van der Waals surface area contributed by atoms with Gasteiger partial charge in [-0.1, -0.05) is 13.3 Å². The van der Waals surface area contributed by atoms with Gasteiger partial charge >= 0.3 is 11.4 Å². The molecule has 13 heteroatoms. The van der Waals surface area contributed by atoms with Gasteiger partial charge in [0.15, 0.2) is 0 Å². The van der Waals surface area contributed by atoms with Gasteiger partial charge in [-0.2, -0.15) is 27.2 Å². The summed E-state index contributed by atoms with van der Waals surface area (Å²) in [7, 11) is -3.65. The van der Waals surface area contributed by atoms with Gasteiger partial charge in [-0.3, -0.25) is 10.3 Å². The Hall–Kier alpha value is -1.37. The van der Waals surface area contributed by atoms with E-state index < -0.39 is 26.4 Å². The van der Waals surface area contributed by atoms with E-state index in [0.29, 0.717) is 0 Å². The number of hydrogen-bond acceptors (Lipinski definition) is 5. The molecule has 2 rings (SSSR count). The van der Waals surface area contributed by atoms with Crippen molar-refractivity contribution in [3.05, 3.63) is 0 Å². The highest BCUT2D eigenvalue weighted by atomic mass is 32.2. The van der Waals surface area contributed by atoms with Crippen molar-refractivity contribution >= 4 is 9.84 Å². The van der Waals surface area contributed by atoms with Crippen molar-refractivity contribution in [2.45, 2.75) is 49.2 Å². The van der Waals surface area contributed by atoms with E-state index in [1.807, 2.05) is 0 Å². The highest BCUT2D eigenvalue weighted by molar-refractivity contribution is 7.92. The first-order valence-corrected chi connectivity index (χ1v) is 9.07. The van der Waals surface area contributed by atoms with E-state index in [9.17, 15) is 30.4 Å². The van der Waals surface area contributed by atoms with Crippen LogP contribution in [0.2, 0.25) is 0 Å². The molecule has 7 nitrogen and oxygen atoms in total. The zero-order valence-corrected chi connectivity index (χ0v) is 14.6. The Balaban J connectivity index is 0.000000271. The summed E-state index contributed by atoms with van der Waals surface area (Å²) in [6.07, 6.45) is -0.572. The molecule has 1 fully saturated rings. The van der Waals surface area contributed by atoms with E-state index in [1.165, 1.54) is 49.8 Å². The van der Waals surface area contributed by atoms with Crippen LogP contribution >= 0.6 is 0 Å². The molecule has 1 aliphatic rings. The lowest BCUT2D eigenvalue weighted by Gasteiger charge is -2.28. The van der Waals surface area contributed by atoms with Gasteiger partial charge in [0.25, 0.3) is 9.84 Å².